The van der Waals surface area contributed by atoms with E-state index in [0.29, 0.717) is 24.1 Å². The molecule has 2 rings (SSSR count). The van der Waals surface area contributed by atoms with Crippen molar-refractivity contribution in [3.63, 3.8) is 0 Å². The minimum Gasteiger partial charge on any atom is -0.328 e. The molecule has 112 valence electrons. The Morgan fingerprint density at radius 1 is 1.19 bits per heavy atom. The minimum absolute atomic E-state index is 0.287. The average Bonchev–Trinajstić information content (AvgIpc) is 2.85. The molecule has 0 amide bonds. The Labute approximate surface area is 122 Å². The number of aryl methyl sites for hydroxylation is 2. The van der Waals surface area contributed by atoms with Crippen LogP contribution in [0.25, 0.3) is 11.2 Å². The topological polar surface area (TPSA) is 85.6 Å². The lowest BCUT2D eigenvalue weighted by Gasteiger charge is -2.08. The van der Waals surface area contributed by atoms with Crippen LogP contribution in [0.4, 0.5) is 0 Å². The maximum absolute atomic E-state index is 12.4. The van der Waals surface area contributed by atoms with Gasteiger partial charge in [-0.3, -0.25) is 13.9 Å². The van der Waals surface area contributed by atoms with Gasteiger partial charge in [0.05, 0.1) is 12.4 Å². The zero-order chi connectivity index (χ0) is 15.4. The molecule has 0 saturated heterocycles. The van der Waals surface area contributed by atoms with Gasteiger partial charge in [0.2, 0.25) is 0 Å². The highest BCUT2D eigenvalue weighted by atomic mass is 16.2. The fourth-order valence-corrected chi connectivity index (χ4v) is 2.42. The molecule has 0 bridgehead atoms. The van der Waals surface area contributed by atoms with Crippen LogP contribution in [-0.4, -0.2) is 18.7 Å². The quantitative estimate of drug-likeness (QED) is 0.740. The summed E-state index contributed by atoms with van der Waals surface area (Å²) in [7, 11) is 3.37. The molecule has 7 nitrogen and oxygen atoms in total. The Hall–Kier alpha value is -2.36. The van der Waals surface area contributed by atoms with Gasteiger partial charge in [0, 0.05) is 27.1 Å². The highest BCUT2D eigenvalue weighted by Crippen LogP contribution is 2.05. The van der Waals surface area contributed by atoms with Crippen LogP contribution < -0.4 is 11.2 Å². The summed E-state index contributed by atoms with van der Waals surface area (Å²) in [5.74, 6) is 0. The van der Waals surface area contributed by atoms with Crippen molar-refractivity contribution in [1.29, 1.82) is 5.26 Å². The first-order valence-corrected chi connectivity index (χ1v) is 7.05. The summed E-state index contributed by atoms with van der Waals surface area (Å²) in [6.45, 7) is 0.402. The Balaban J connectivity index is 2.21. The van der Waals surface area contributed by atoms with E-state index in [1.165, 1.54) is 15.5 Å². The highest BCUT2D eigenvalue weighted by molar-refractivity contribution is 5.69. The summed E-state index contributed by atoms with van der Waals surface area (Å²) in [5.41, 5.74) is 0.243. The Kier molecular flexibility index (Phi) is 4.58. The van der Waals surface area contributed by atoms with Crippen LogP contribution in [-0.2, 0) is 20.6 Å². The molecule has 0 N–H and O–H groups in total. The minimum atomic E-state index is -0.330. The Morgan fingerprint density at radius 3 is 2.62 bits per heavy atom. The van der Waals surface area contributed by atoms with Crippen molar-refractivity contribution in [2.45, 2.75) is 38.6 Å². The molecule has 0 aliphatic rings. The summed E-state index contributed by atoms with van der Waals surface area (Å²) in [4.78, 5) is 28.7. The van der Waals surface area contributed by atoms with Crippen LogP contribution in [0, 0.1) is 11.3 Å². The van der Waals surface area contributed by atoms with Gasteiger partial charge in [0.25, 0.3) is 5.56 Å². The number of hydrogen-bond donors (Lipinski definition) is 0. The molecule has 7 heteroatoms. The van der Waals surface area contributed by atoms with E-state index in [4.69, 9.17) is 5.26 Å². The van der Waals surface area contributed by atoms with Crippen molar-refractivity contribution in [2.75, 3.05) is 0 Å². The molecule has 0 aliphatic carbocycles. The SMILES string of the molecule is Cn1cnc2c1c(=O)n(CCCCCCC#N)c(=O)n2C. The molecule has 0 saturated carbocycles. The van der Waals surface area contributed by atoms with E-state index in [9.17, 15) is 9.59 Å². The lowest BCUT2D eigenvalue weighted by Crippen LogP contribution is -2.39. The van der Waals surface area contributed by atoms with Gasteiger partial charge in [-0.15, -0.1) is 0 Å². The molecular weight excluding hydrogens is 270 g/mol. The van der Waals surface area contributed by atoms with Gasteiger partial charge in [-0.25, -0.2) is 9.78 Å². The normalized spacial score (nSPS) is 10.9. The molecule has 0 aromatic carbocycles. The second-order valence-corrected chi connectivity index (χ2v) is 5.15. The van der Waals surface area contributed by atoms with Crippen LogP contribution >= 0.6 is 0 Å². The van der Waals surface area contributed by atoms with Crippen LogP contribution in [0.15, 0.2) is 15.9 Å². The van der Waals surface area contributed by atoms with Crippen LogP contribution in [0.3, 0.4) is 0 Å². The van der Waals surface area contributed by atoms with Gasteiger partial charge in [0.15, 0.2) is 11.2 Å². The van der Waals surface area contributed by atoms with E-state index in [2.05, 4.69) is 11.1 Å². The van der Waals surface area contributed by atoms with E-state index in [0.717, 1.165) is 25.7 Å². The second kappa shape index (κ2) is 6.39. The summed E-state index contributed by atoms with van der Waals surface area (Å²) < 4.78 is 4.32. The first kappa shape index (κ1) is 15.0. The second-order valence-electron chi connectivity index (χ2n) is 5.15. The fraction of sp³-hybridized carbons (Fsp3) is 0.571. The number of nitrogens with zero attached hydrogens (tertiary/aromatic N) is 5. The van der Waals surface area contributed by atoms with Gasteiger partial charge >= 0.3 is 5.69 Å². The number of unbranched alkanes of at least 4 members (excludes halogenated alkanes) is 4. The molecule has 0 unspecified atom stereocenters. The van der Waals surface area contributed by atoms with Crippen molar-refractivity contribution in [1.82, 2.24) is 18.7 Å². The highest BCUT2D eigenvalue weighted by Gasteiger charge is 2.14. The monoisotopic (exact) mass is 289 g/mol. The average molecular weight is 289 g/mol. The Bertz CT molecular complexity index is 791. The number of nitriles is 1. The molecule has 21 heavy (non-hydrogen) atoms. The fourth-order valence-electron chi connectivity index (χ4n) is 2.42. The smallest absolute Gasteiger partial charge is 0.328 e. The number of fused-ring (bicyclic) bond motifs is 1. The van der Waals surface area contributed by atoms with E-state index in [1.54, 1.807) is 18.7 Å². The van der Waals surface area contributed by atoms with Gasteiger partial charge in [-0.1, -0.05) is 12.8 Å². The zero-order valence-electron chi connectivity index (χ0n) is 12.4. The summed E-state index contributed by atoms with van der Waals surface area (Å²) in [6, 6.07) is 2.11. The van der Waals surface area contributed by atoms with Crippen molar-refractivity contribution < 1.29 is 0 Å². The molecule has 0 aliphatic heterocycles. The van der Waals surface area contributed by atoms with Gasteiger partial charge in [-0.05, 0) is 12.8 Å². The number of imidazole rings is 1. The van der Waals surface area contributed by atoms with E-state index in [1.807, 2.05) is 0 Å². The number of hydrogen-bond acceptors (Lipinski definition) is 4. The standard InChI is InChI=1S/C14H19N5O2/c1-17-10-16-12-11(17)13(20)19(14(21)18(12)2)9-7-5-3-4-6-8-15/h10H,3-7,9H2,1-2H3. The van der Waals surface area contributed by atoms with E-state index in [-0.39, 0.29) is 11.2 Å². The molecule has 2 aromatic heterocycles. The van der Waals surface area contributed by atoms with Crippen molar-refractivity contribution in [3.05, 3.63) is 27.2 Å². The largest absolute Gasteiger partial charge is 0.332 e. The molecular formula is C14H19N5O2. The third-order valence-electron chi connectivity index (χ3n) is 3.62. The van der Waals surface area contributed by atoms with E-state index < -0.39 is 0 Å². The van der Waals surface area contributed by atoms with Gasteiger partial charge < -0.3 is 4.57 Å². The first-order valence-electron chi connectivity index (χ1n) is 7.05. The maximum atomic E-state index is 12.4. The van der Waals surface area contributed by atoms with Crippen LogP contribution in [0.5, 0.6) is 0 Å². The van der Waals surface area contributed by atoms with Crippen molar-refractivity contribution in [3.8, 4) is 6.07 Å². The third-order valence-corrected chi connectivity index (χ3v) is 3.62. The molecule has 0 atom stereocenters. The maximum Gasteiger partial charge on any atom is 0.332 e. The molecule has 0 fully saturated rings. The third kappa shape index (κ3) is 2.89. The van der Waals surface area contributed by atoms with Gasteiger partial charge in [0.1, 0.15) is 0 Å². The number of rotatable bonds is 6. The molecule has 2 aromatic rings. The molecule has 2 heterocycles. The summed E-state index contributed by atoms with van der Waals surface area (Å²) in [6.07, 6.45) is 5.56. The lowest BCUT2D eigenvalue weighted by atomic mass is 10.1. The zero-order valence-corrected chi connectivity index (χ0v) is 12.4. The van der Waals surface area contributed by atoms with E-state index >= 15 is 0 Å². The van der Waals surface area contributed by atoms with Crippen LogP contribution in [0.2, 0.25) is 0 Å². The predicted molar refractivity (Wildman–Crippen MR) is 78.9 cm³/mol. The molecule has 0 radical (unpaired) electrons. The van der Waals surface area contributed by atoms with Crippen molar-refractivity contribution in [2.24, 2.45) is 14.1 Å². The summed E-state index contributed by atoms with van der Waals surface area (Å²) in [5, 5.41) is 8.46. The first-order chi connectivity index (χ1) is 10.1. The summed E-state index contributed by atoms with van der Waals surface area (Å²) >= 11 is 0. The lowest BCUT2D eigenvalue weighted by molar-refractivity contribution is 0.535. The molecule has 0 spiro atoms. The van der Waals surface area contributed by atoms with Crippen LogP contribution in [0.1, 0.15) is 32.1 Å². The van der Waals surface area contributed by atoms with Crippen molar-refractivity contribution >= 4 is 11.2 Å². The number of aromatic nitrogens is 4. The predicted octanol–water partition coefficient (Wildman–Crippen LogP) is 0.908. The Morgan fingerprint density at radius 2 is 1.90 bits per heavy atom. The van der Waals surface area contributed by atoms with Gasteiger partial charge in [-0.2, -0.15) is 5.26 Å².